The largest absolute Gasteiger partial charge is 0.397 e. The van der Waals surface area contributed by atoms with Crippen molar-refractivity contribution in [3.05, 3.63) is 23.3 Å². The summed E-state index contributed by atoms with van der Waals surface area (Å²) in [6.07, 6.45) is 9.37. The van der Waals surface area contributed by atoms with Crippen LogP contribution in [0.5, 0.6) is 0 Å². The third-order valence-electron chi connectivity index (χ3n) is 2.65. The van der Waals surface area contributed by atoms with Crippen LogP contribution in [-0.2, 0) is 0 Å². The number of amides is 1. The van der Waals surface area contributed by atoms with Crippen LogP contribution in [0.4, 0.5) is 5.69 Å². The SMILES string of the molecule is C#CC(CC)NC(=O)c1sc2cnccc2c1N. The number of anilines is 1. The zero-order valence-electron chi connectivity index (χ0n) is 9.93. The summed E-state index contributed by atoms with van der Waals surface area (Å²) < 4.78 is 0.897. The van der Waals surface area contributed by atoms with Gasteiger partial charge in [0.1, 0.15) is 4.88 Å². The topological polar surface area (TPSA) is 68.0 Å². The van der Waals surface area contributed by atoms with Gasteiger partial charge in [-0.1, -0.05) is 12.8 Å². The molecule has 18 heavy (non-hydrogen) atoms. The number of fused-ring (bicyclic) bond motifs is 1. The molecule has 2 heterocycles. The van der Waals surface area contributed by atoms with E-state index in [2.05, 4.69) is 16.2 Å². The summed E-state index contributed by atoms with van der Waals surface area (Å²) in [4.78, 5) is 16.6. The number of rotatable bonds is 3. The highest BCUT2D eigenvalue weighted by atomic mass is 32.1. The number of carbonyl (C=O) groups excluding carboxylic acids is 1. The Morgan fingerprint density at radius 2 is 2.50 bits per heavy atom. The molecule has 0 aliphatic carbocycles. The summed E-state index contributed by atoms with van der Waals surface area (Å²) in [7, 11) is 0. The Kier molecular flexibility index (Phi) is 3.49. The van der Waals surface area contributed by atoms with Crippen molar-refractivity contribution in [2.75, 3.05) is 5.73 Å². The van der Waals surface area contributed by atoms with Gasteiger partial charge in [0.15, 0.2) is 0 Å². The number of pyridine rings is 1. The molecule has 0 spiro atoms. The van der Waals surface area contributed by atoms with Gasteiger partial charge in [0.05, 0.1) is 16.4 Å². The molecule has 1 amide bonds. The van der Waals surface area contributed by atoms with Crippen LogP contribution in [0.15, 0.2) is 18.5 Å². The number of nitrogens with zero attached hydrogens (tertiary/aromatic N) is 1. The average molecular weight is 259 g/mol. The van der Waals surface area contributed by atoms with Crippen LogP contribution in [0.25, 0.3) is 10.1 Å². The minimum absolute atomic E-state index is 0.224. The predicted octanol–water partition coefficient (Wildman–Crippen LogP) is 2.02. The van der Waals surface area contributed by atoms with Crippen molar-refractivity contribution in [1.82, 2.24) is 10.3 Å². The molecule has 2 aromatic rings. The number of aromatic nitrogens is 1. The van der Waals surface area contributed by atoms with Gasteiger partial charge in [-0.05, 0) is 12.5 Å². The first-order chi connectivity index (χ1) is 8.67. The molecular formula is C13H13N3OS. The summed E-state index contributed by atoms with van der Waals surface area (Å²) in [6, 6.07) is 1.54. The average Bonchev–Trinajstić information content (AvgIpc) is 2.74. The molecule has 0 aliphatic rings. The van der Waals surface area contributed by atoms with Gasteiger partial charge in [-0.25, -0.2) is 0 Å². The number of terminal acetylenes is 1. The zero-order valence-corrected chi connectivity index (χ0v) is 10.8. The lowest BCUT2D eigenvalue weighted by molar-refractivity contribution is 0.0950. The fraction of sp³-hybridized carbons (Fsp3) is 0.231. The van der Waals surface area contributed by atoms with Crippen LogP contribution in [0.2, 0.25) is 0 Å². The fourth-order valence-electron chi connectivity index (χ4n) is 1.63. The number of hydrogen-bond acceptors (Lipinski definition) is 4. The Bertz CT molecular complexity index is 627. The van der Waals surface area contributed by atoms with Crippen molar-refractivity contribution in [1.29, 1.82) is 0 Å². The highest BCUT2D eigenvalue weighted by Gasteiger charge is 2.17. The van der Waals surface area contributed by atoms with E-state index in [1.165, 1.54) is 11.3 Å². The standard InChI is InChI=1S/C13H13N3OS/c1-3-8(4-2)16-13(17)12-11(14)9-5-6-15-7-10(9)18-12/h1,5-8H,4,14H2,2H3,(H,16,17). The quantitative estimate of drug-likeness (QED) is 0.829. The smallest absolute Gasteiger partial charge is 0.264 e. The fourth-order valence-corrected chi connectivity index (χ4v) is 2.62. The van der Waals surface area contributed by atoms with E-state index >= 15 is 0 Å². The van der Waals surface area contributed by atoms with Gasteiger partial charge in [-0.2, -0.15) is 0 Å². The Morgan fingerprint density at radius 1 is 1.72 bits per heavy atom. The van der Waals surface area contributed by atoms with Gasteiger partial charge in [0, 0.05) is 17.8 Å². The molecule has 0 bridgehead atoms. The highest BCUT2D eigenvalue weighted by molar-refractivity contribution is 7.21. The molecule has 0 saturated heterocycles. The number of nitrogen functional groups attached to an aromatic ring is 1. The number of hydrogen-bond donors (Lipinski definition) is 2. The molecule has 2 aromatic heterocycles. The van der Waals surface area contributed by atoms with Gasteiger partial charge in [0.2, 0.25) is 0 Å². The molecule has 0 aromatic carbocycles. The van der Waals surface area contributed by atoms with E-state index in [0.717, 1.165) is 10.1 Å². The highest BCUT2D eigenvalue weighted by Crippen LogP contribution is 2.32. The van der Waals surface area contributed by atoms with E-state index < -0.39 is 0 Å². The maximum absolute atomic E-state index is 12.1. The summed E-state index contributed by atoms with van der Waals surface area (Å²) >= 11 is 1.33. The van der Waals surface area contributed by atoms with Crippen molar-refractivity contribution in [2.45, 2.75) is 19.4 Å². The summed E-state index contributed by atoms with van der Waals surface area (Å²) in [6.45, 7) is 1.92. The van der Waals surface area contributed by atoms with E-state index in [0.29, 0.717) is 17.0 Å². The monoisotopic (exact) mass is 259 g/mol. The molecule has 3 N–H and O–H groups in total. The van der Waals surface area contributed by atoms with E-state index in [1.54, 1.807) is 18.5 Å². The Balaban J connectivity index is 2.34. The minimum Gasteiger partial charge on any atom is -0.397 e. The number of thiophene rings is 1. The second-order valence-corrected chi connectivity index (χ2v) is 4.87. The first-order valence-corrected chi connectivity index (χ1v) is 6.38. The first kappa shape index (κ1) is 12.4. The normalized spacial score (nSPS) is 12.0. The van der Waals surface area contributed by atoms with Gasteiger partial charge in [-0.15, -0.1) is 17.8 Å². The molecule has 4 nitrogen and oxygen atoms in total. The molecule has 1 unspecified atom stereocenters. The lowest BCUT2D eigenvalue weighted by atomic mass is 10.2. The van der Waals surface area contributed by atoms with Crippen LogP contribution >= 0.6 is 11.3 Å². The lowest BCUT2D eigenvalue weighted by Gasteiger charge is -2.09. The molecule has 0 saturated carbocycles. The van der Waals surface area contributed by atoms with Crippen LogP contribution in [0.1, 0.15) is 23.0 Å². The predicted molar refractivity (Wildman–Crippen MR) is 74.4 cm³/mol. The zero-order chi connectivity index (χ0) is 13.1. The van der Waals surface area contributed by atoms with E-state index in [4.69, 9.17) is 12.2 Å². The molecule has 1 atom stereocenters. The third-order valence-corrected chi connectivity index (χ3v) is 3.81. The number of carbonyl (C=O) groups is 1. The van der Waals surface area contributed by atoms with Crippen LogP contribution < -0.4 is 11.1 Å². The molecule has 2 rings (SSSR count). The summed E-state index contributed by atoms with van der Waals surface area (Å²) in [5.74, 6) is 2.30. The maximum Gasteiger partial charge on any atom is 0.264 e. The minimum atomic E-state index is -0.264. The van der Waals surface area contributed by atoms with E-state index in [9.17, 15) is 4.79 Å². The molecule has 0 aliphatic heterocycles. The molecule has 0 fully saturated rings. The Hall–Kier alpha value is -2.06. The van der Waals surface area contributed by atoms with E-state index in [1.807, 2.05) is 6.92 Å². The lowest BCUT2D eigenvalue weighted by Crippen LogP contribution is -2.33. The molecule has 5 heteroatoms. The molecular weight excluding hydrogens is 246 g/mol. The van der Waals surface area contributed by atoms with Gasteiger partial charge in [0.25, 0.3) is 5.91 Å². The van der Waals surface area contributed by atoms with Crippen LogP contribution in [0.3, 0.4) is 0 Å². The van der Waals surface area contributed by atoms with Gasteiger partial charge < -0.3 is 11.1 Å². The number of nitrogens with one attached hydrogen (secondary N) is 1. The maximum atomic E-state index is 12.1. The van der Waals surface area contributed by atoms with Gasteiger partial charge in [-0.3, -0.25) is 9.78 Å². The second kappa shape index (κ2) is 5.07. The second-order valence-electron chi connectivity index (χ2n) is 3.82. The van der Waals surface area contributed by atoms with Crippen molar-refractivity contribution in [3.63, 3.8) is 0 Å². The molecule has 0 radical (unpaired) electrons. The van der Waals surface area contributed by atoms with Crippen molar-refractivity contribution in [2.24, 2.45) is 0 Å². The van der Waals surface area contributed by atoms with Crippen molar-refractivity contribution in [3.8, 4) is 12.3 Å². The third kappa shape index (κ3) is 2.15. The first-order valence-electron chi connectivity index (χ1n) is 5.56. The Labute approximate surface area is 109 Å². The van der Waals surface area contributed by atoms with Crippen LogP contribution in [0, 0.1) is 12.3 Å². The van der Waals surface area contributed by atoms with Gasteiger partial charge >= 0.3 is 0 Å². The van der Waals surface area contributed by atoms with E-state index in [-0.39, 0.29) is 11.9 Å². The summed E-state index contributed by atoms with van der Waals surface area (Å²) in [5, 5.41) is 3.62. The Morgan fingerprint density at radius 3 is 3.11 bits per heavy atom. The van der Waals surface area contributed by atoms with Crippen LogP contribution in [-0.4, -0.2) is 16.9 Å². The summed E-state index contributed by atoms with van der Waals surface area (Å²) in [5.41, 5.74) is 6.46. The molecule has 92 valence electrons. The van der Waals surface area contributed by atoms with Crippen molar-refractivity contribution >= 4 is 33.0 Å². The van der Waals surface area contributed by atoms with Crippen molar-refractivity contribution < 1.29 is 4.79 Å². The number of nitrogens with two attached hydrogens (primary N) is 1.